The number of hydrogen-bond acceptors (Lipinski definition) is 6. The second kappa shape index (κ2) is 8.26. The molecule has 162 valence electrons. The van der Waals surface area contributed by atoms with Crippen molar-refractivity contribution in [2.45, 2.75) is 38.2 Å². The number of nitrogens with zero attached hydrogens (tertiary/aromatic N) is 5. The average Bonchev–Trinajstić information content (AvgIpc) is 2.93. The van der Waals surface area contributed by atoms with Gasteiger partial charge in [-0.15, -0.1) is 0 Å². The Hall–Kier alpha value is -1.60. The summed E-state index contributed by atoms with van der Waals surface area (Å²) in [6.07, 6.45) is 1.15. The first-order valence-corrected chi connectivity index (χ1v) is 10.9. The van der Waals surface area contributed by atoms with Gasteiger partial charge in [-0.05, 0) is 31.4 Å². The van der Waals surface area contributed by atoms with E-state index < -0.39 is 41.7 Å². The number of rotatable bonds is 7. The molecule has 1 saturated heterocycles. The van der Waals surface area contributed by atoms with Gasteiger partial charge in [-0.1, -0.05) is 11.6 Å². The predicted octanol–water partition coefficient (Wildman–Crippen LogP) is 1.18. The van der Waals surface area contributed by atoms with Gasteiger partial charge in [-0.25, -0.2) is 23.4 Å². The van der Waals surface area contributed by atoms with Crippen LogP contribution < -0.4 is 10.0 Å². The molecule has 0 amide bonds. The third kappa shape index (κ3) is 4.77. The van der Waals surface area contributed by atoms with Crippen molar-refractivity contribution in [2.24, 2.45) is 5.14 Å². The summed E-state index contributed by atoms with van der Waals surface area (Å²) in [6, 6.07) is 1.11. The number of anilines is 1. The normalized spacial score (nSPS) is 16.9. The van der Waals surface area contributed by atoms with Gasteiger partial charge in [0.05, 0.1) is 6.54 Å². The summed E-state index contributed by atoms with van der Waals surface area (Å²) in [5.74, 6) is -2.72. The van der Waals surface area contributed by atoms with Crippen molar-refractivity contribution < 1.29 is 22.3 Å². The molecule has 1 aliphatic heterocycles. The standard InChI is InChI=1S/C16H23ClF2N6O3S/c1-11-8-13(17)25-14(11)15(21-10-22-25)23-5-2-12(3-6-23)24(29(20,27)28)9-16(18,19)4-7-26/h8,10,12,26H,2-7,9H2,1H3,(H2,20,27,28). The van der Waals surface area contributed by atoms with Crippen LogP contribution in [0, 0.1) is 6.92 Å². The average molecular weight is 453 g/mol. The van der Waals surface area contributed by atoms with Crippen molar-refractivity contribution in [3.8, 4) is 0 Å². The molecule has 1 fully saturated rings. The molecule has 3 N–H and O–H groups in total. The Morgan fingerprint density at radius 2 is 2.07 bits per heavy atom. The molecule has 2 aromatic rings. The van der Waals surface area contributed by atoms with E-state index in [0.717, 1.165) is 11.1 Å². The van der Waals surface area contributed by atoms with E-state index in [1.165, 1.54) is 6.33 Å². The summed E-state index contributed by atoms with van der Waals surface area (Å²) in [5, 5.41) is 18.6. The van der Waals surface area contributed by atoms with Crippen molar-refractivity contribution in [1.82, 2.24) is 18.9 Å². The largest absolute Gasteiger partial charge is 0.396 e. The molecule has 1 aliphatic rings. The van der Waals surface area contributed by atoms with Gasteiger partial charge >= 0.3 is 0 Å². The zero-order valence-corrected chi connectivity index (χ0v) is 17.4. The summed E-state index contributed by atoms with van der Waals surface area (Å²) in [6.45, 7) is 0.885. The van der Waals surface area contributed by atoms with E-state index in [1.54, 1.807) is 10.6 Å². The lowest BCUT2D eigenvalue weighted by Crippen LogP contribution is -2.53. The number of piperidine rings is 1. The van der Waals surface area contributed by atoms with Gasteiger partial charge < -0.3 is 10.0 Å². The van der Waals surface area contributed by atoms with Crippen molar-refractivity contribution in [1.29, 1.82) is 0 Å². The van der Waals surface area contributed by atoms with E-state index in [-0.39, 0.29) is 0 Å². The van der Waals surface area contributed by atoms with Crippen molar-refractivity contribution in [3.05, 3.63) is 23.1 Å². The first-order valence-electron chi connectivity index (χ1n) is 9.05. The predicted molar refractivity (Wildman–Crippen MR) is 104 cm³/mol. The highest BCUT2D eigenvalue weighted by molar-refractivity contribution is 7.86. The third-order valence-corrected chi connectivity index (χ3v) is 6.40. The van der Waals surface area contributed by atoms with Crippen LogP contribution in [0.5, 0.6) is 0 Å². The highest BCUT2D eigenvalue weighted by Gasteiger charge is 2.39. The second-order valence-corrected chi connectivity index (χ2v) is 9.02. The lowest BCUT2D eigenvalue weighted by atomic mass is 10.0. The van der Waals surface area contributed by atoms with Crippen LogP contribution in [-0.4, -0.2) is 70.6 Å². The smallest absolute Gasteiger partial charge is 0.277 e. The molecule has 29 heavy (non-hydrogen) atoms. The number of nitrogens with two attached hydrogens (primary N) is 1. The maximum atomic E-state index is 14.0. The summed E-state index contributed by atoms with van der Waals surface area (Å²) in [7, 11) is -4.33. The van der Waals surface area contributed by atoms with Crippen LogP contribution in [0.4, 0.5) is 14.6 Å². The molecule has 0 unspecified atom stereocenters. The molecule has 3 heterocycles. The Bertz CT molecular complexity index is 978. The highest BCUT2D eigenvalue weighted by atomic mass is 35.5. The van der Waals surface area contributed by atoms with Crippen LogP contribution in [0.25, 0.3) is 5.52 Å². The fourth-order valence-electron chi connectivity index (χ4n) is 3.65. The number of aromatic nitrogens is 3. The van der Waals surface area contributed by atoms with Gasteiger partial charge in [-0.2, -0.15) is 17.8 Å². The summed E-state index contributed by atoms with van der Waals surface area (Å²) >= 11 is 6.17. The SMILES string of the molecule is Cc1cc(Cl)n2ncnc(N3CCC(N(CC(F)(F)CCO)S(N)(=O)=O)CC3)c12. The molecule has 0 atom stereocenters. The van der Waals surface area contributed by atoms with Gasteiger partial charge in [0.15, 0.2) is 5.82 Å². The molecule has 3 rings (SSSR count). The zero-order chi connectivity index (χ0) is 21.4. The lowest BCUT2D eigenvalue weighted by Gasteiger charge is -2.38. The lowest BCUT2D eigenvalue weighted by molar-refractivity contribution is -0.0411. The van der Waals surface area contributed by atoms with Crippen molar-refractivity contribution >= 4 is 33.1 Å². The number of aryl methyl sites for hydroxylation is 1. The molecule has 0 aliphatic carbocycles. The molecule has 0 radical (unpaired) electrons. The minimum Gasteiger partial charge on any atom is -0.396 e. The van der Waals surface area contributed by atoms with Crippen LogP contribution >= 0.6 is 11.6 Å². The van der Waals surface area contributed by atoms with E-state index in [9.17, 15) is 17.2 Å². The highest BCUT2D eigenvalue weighted by Crippen LogP contribution is 2.31. The number of alkyl halides is 2. The Morgan fingerprint density at radius 3 is 2.66 bits per heavy atom. The minimum absolute atomic E-state index is 0.301. The van der Waals surface area contributed by atoms with Gasteiger partial charge in [0.1, 0.15) is 17.0 Å². The fraction of sp³-hybridized carbons (Fsp3) is 0.625. The Labute approximate surface area is 172 Å². The van der Waals surface area contributed by atoms with Crippen LogP contribution in [0.3, 0.4) is 0 Å². The van der Waals surface area contributed by atoms with Crippen molar-refractivity contribution in [3.63, 3.8) is 0 Å². The zero-order valence-electron chi connectivity index (χ0n) is 15.8. The van der Waals surface area contributed by atoms with Gasteiger partial charge in [0.2, 0.25) is 0 Å². The first-order chi connectivity index (χ1) is 13.5. The molecule has 0 bridgehead atoms. The van der Waals surface area contributed by atoms with Gasteiger partial charge in [0.25, 0.3) is 16.1 Å². The van der Waals surface area contributed by atoms with Gasteiger partial charge in [0, 0.05) is 32.2 Å². The van der Waals surface area contributed by atoms with E-state index in [4.69, 9.17) is 21.8 Å². The van der Waals surface area contributed by atoms with E-state index >= 15 is 0 Å². The first kappa shape index (κ1) is 22.1. The number of halogens is 3. The summed E-state index contributed by atoms with van der Waals surface area (Å²) in [4.78, 5) is 6.29. The van der Waals surface area contributed by atoms with E-state index in [2.05, 4.69) is 10.1 Å². The number of aliphatic hydroxyl groups is 1. The third-order valence-electron chi connectivity index (χ3n) is 5.05. The Kier molecular flexibility index (Phi) is 6.30. The fourth-order valence-corrected chi connectivity index (χ4v) is 4.94. The molecule has 0 aromatic carbocycles. The molecule has 13 heteroatoms. The molecule has 2 aromatic heterocycles. The number of hydrogen-bond donors (Lipinski definition) is 2. The minimum atomic E-state index is -4.33. The van der Waals surface area contributed by atoms with Gasteiger partial charge in [-0.3, -0.25) is 0 Å². The van der Waals surface area contributed by atoms with E-state index in [1.807, 2.05) is 11.8 Å². The topological polar surface area (TPSA) is 117 Å². The molecule has 0 saturated carbocycles. The Morgan fingerprint density at radius 1 is 1.41 bits per heavy atom. The monoisotopic (exact) mass is 452 g/mol. The summed E-state index contributed by atoms with van der Waals surface area (Å²) < 4.78 is 54.0. The summed E-state index contributed by atoms with van der Waals surface area (Å²) in [5.41, 5.74) is 1.64. The second-order valence-electron chi connectivity index (χ2n) is 7.13. The van der Waals surface area contributed by atoms with E-state index in [0.29, 0.717) is 41.2 Å². The molecule has 0 spiro atoms. The molecule has 9 nitrogen and oxygen atoms in total. The molecular weight excluding hydrogens is 430 g/mol. The Balaban J connectivity index is 1.79. The van der Waals surface area contributed by atoms with Crippen LogP contribution in [-0.2, 0) is 10.2 Å². The number of fused-ring (bicyclic) bond motifs is 1. The number of aliphatic hydroxyl groups excluding tert-OH is 1. The van der Waals surface area contributed by atoms with Crippen LogP contribution in [0.2, 0.25) is 5.15 Å². The van der Waals surface area contributed by atoms with Crippen LogP contribution in [0.15, 0.2) is 12.4 Å². The molecular formula is C16H23ClF2N6O3S. The van der Waals surface area contributed by atoms with Crippen molar-refractivity contribution in [2.75, 3.05) is 31.1 Å². The maximum Gasteiger partial charge on any atom is 0.277 e. The quantitative estimate of drug-likeness (QED) is 0.651. The maximum absolute atomic E-state index is 14.0. The van der Waals surface area contributed by atoms with Crippen LogP contribution in [0.1, 0.15) is 24.8 Å².